The van der Waals surface area contributed by atoms with Crippen molar-refractivity contribution in [3.63, 3.8) is 0 Å². The fraction of sp³-hybridized carbons (Fsp3) is 0.217. The van der Waals surface area contributed by atoms with E-state index in [1.165, 1.54) is 4.90 Å². The first kappa shape index (κ1) is 18.3. The predicted molar refractivity (Wildman–Crippen MR) is 109 cm³/mol. The fourth-order valence-electron chi connectivity index (χ4n) is 4.07. The second-order valence-corrected chi connectivity index (χ2v) is 7.50. The van der Waals surface area contributed by atoms with E-state index in [0.717, 1.165) is 22.0 Å². The molecule has 1 fully saturated rings. The number of benzene rings is 2. The number of amides is 3. The molecule has 150 valence electrons. The van der Waals surface area contributed by atoms with Gasteiger partial charge in [-0.1, -0.05) is 18.2 Å². The molecule has 0 bridgehead atoms. The van der Waals surface area contributed by atoms with Crippen LogP contribution >= 0.6 is 0 Å². The first-order valence-corrected chi connectivity index (χ1v) is 9.83. The smallest absolute Gasteiger partial charge is 0.255 e. The van der Waals surface area contributed by atoms with Gasteiger partial charge >= 0.3 is 0 Å². The van der Waals surface area contributed by atoms with Gasteiger partial charge in [0, 0.05) is 29.1 Å². The molecule has 7 heteroatoms. The number of hydrogen-bond donors (Lipinski definition) is 1. The van der Waals surface area contributed by atoms with Gasteiger partial charge in [-0.2, -0.15) is 0 Å². The minimum Gasteiger partial charge on any atom is -0.489 e. The number of rotatable bonds is 4. The number of imide groups is 1. The summed E-state index contributed by atoms with van der Waals surface area (Å²) in [7, 11) is 0. The highest BCUT2D eigenvalue weighted by atomic mass is 16.5. The third-order valence-corrected chi connectivity index (χ3v) is 5.60. The summed E-state index contributed by atoms with van der Waals surface area (Å²) in [5.41, 5.74) is 3.24. The monoisotopic (exact) mass is 401 g/mol. The summed E-state index contributed by atoms with van der Waals surface area (Å²) in [4.78, 5) is 42.4. The van der Waals surface area contributed by atoms with Crippen LogP contribution in [0.1, 0.15) is 34.3 Å². The van der Waals surface area contributed by atoms with E-state index < -0.39 is 11.9 Å². The largest absolute Gasteiger partial charge is 0.489 e. The van der Waals surface area contributed by atoms with Gasteiger partial charge in [-0.3, -0.25) is 24.7 Å². The molecule has 5 rings (SSSR count). The van der Waals surface area contributed by atoms with Gasteiger partial charge in [-0.25, -0.2) is 0 Å². The summed E-state index contributed by atoms with van der Waals surface area (Å²) >= 11 is 0. The number of pyridine rings is 1. The zero-order valence-electron chi connectivity index (χ0n) is 16.1. The predicted octanol–water partition coefficient (Wildman–Crippen LogP) is 2.57. The number of carbonyl (C=O) groups is 3. The summed E-state index contributed by atoms with van der Waals surface area (Å²) in [5, 5.41) is 3.36. The Hall–Kier alpha value is -3.74. The van der Waals surface area contributed by atoms with Gasteiger partial charge in [-0.05, 0) is 42.3 Å². The van der Waals surface area contributed by atoms with Crippen LogP contribution in [0.3, 0.4) is 0 Å². The number of carbonyl (C=O) groups excluding carboxylic acids is 3. The maximum Gasteiger partial charge on any atom is 0.255 e. The highest BCUT2D eigenvalue weighted by molar-refractivity contribution is 6.05. The molecule has 30 heavy (non-hydrogen) atoms. The van der Waals surface area contributed by atoms with Crippen LogP contribution in [0.4, 0.5) is 0 Å². The van der Waals surface area contributed by atoms with E-state index in [2.05, 4.69) is 10.3 Å². The Morgan fingerprint density at radius 1 is 1.10 bits per heavy atom. The Bertz CT molecular complexity index is 1190. The van der Waals surface area contributed by atoms with Crippen molar-refractivity contribution in [2.24, 2.45) is 0 Å². The van der Waals surface area contributed by atoms with E-state index in [1.807, 2.05) is 36.4 Å². The van der Waals surface area contributed by atoms with Crippen molar-refractivity contribution in [2.45, 2.75) is 32.0 Å². The molecule has 3 heterocycles. The Morgan fingerprint density at radius 2 is 2.00 bits per heavy atom. The van der Waals surface area contributed by atoms with E-state index in [4.69, 9.17) is 4.74 Å². The number of fused-ring (bicyclic) bond motifs is 2. The number of aromatic nitrogens is 1. The molecule has 0 saturated carbocycles. The van der Waals surface area contributed by atoms with E-state index in [0.29, 0.717) is 24.3 Å². The molecule has 1 unspecified atom stereocenters. The molecular formula is C23H19N3O4. The number of nitrogens with zero attached hydrogens (tertiary/aromatic N) is 2. The molecule has 0 aliphatic carbocycles. The molecule has 0 spiro atoms. The molecule has 3 amide bonds. The molecule has 1 aromatic heterocycles. The van der Waals surface area contributed by atoms with Crippen LogP contribution in [0.2, 0.25) is 0 Å². The lowest BCUT2D eigenvalue weighted by Crippen LogP contribution is -2.52. The van der Waals surface area contributed by atoms with Gasteiger partial charge in [0.2, 0.25) is 11.8 Å². The molecule has 7 nitrogen and oxygen atoms in total. The van der Waals surface area contributed by atoms with E-state index in [1.54, 1.807) is 18.3 Å². The van der Waals surface area contributed by atoms with Crippen LogP contribution in [0, 0.1) is 0 Å². The van der Waals surface area contributed by atoms with Gasteiger partial charge < -0.3 is 9.64 Å². The molecular weight excluding hydrogens is 382 g/mol. The first-order chi connectivity index (χ1) is 14.6. The van der Waals surface area contributed by atoms with E-state index >= 15 is 0 Å². The molecule has 1 saturated heterocycles. The Labute approximate surface area is 172 Å². The number of hydrogen-bond acceptors (Lipinski definition) is 5. The summed E-state index contributed by atoms with van der Waals surface area (Å²) in [6, 6.07) is 14.6. The fourth-order valence-corrected chi connectivity index (χ4v) is 4.07. The van der Waals surface area contributed by atoms with Crippen molar-refractivity contribution in [2.75, 3.05) is 0 Å². The van der Waals surface area contributed by atoms with Crippen molar-refractivity contribution < 1.29 is 19.1 Å². The lowest BCUT2D eigenvalue weighted by Gasteiger charge is -2.29. The summed E-state index contributed by atoms with van der Waals surface area (Å²) in [6.45, 7) is 0.645. The van der Waals surface area contributed by atoms with Crippen LogP contribution < -0.4 is 10.1 Å². The minimum atomic E-state index is -0.636. The van der Waals surface area contributed by atoms with Crippen LogP contribution in [0.5, 0.6) is 5.75 Å². The van der Waals surface area contributed by atoms with Crippen LogP contribution in [0.25, 0.3) is 10.9 Å². The Balaban J connectivity index is 1.36. The highest BCUT2D eigenvalue weighted by Gasteiger charge is 2.40. The highest BCUT2D eigenvalue weighted by Crippen LogP contribution is 2.34. The van der Waals surface area contributed by atoms with Gasteiger partial charge in [0.1, 0.15) is 18.4 Å². The van der Waals surface area contributed by atoms with Gasteiger partial charge in [0.25, 0.3) is 5.91 Å². The maximum atomic E-state index is 12.9. The maximum absolute atomic E-state index is 12.9. The normalized spacial score (nSPS) is 18.5. The number of ether oxygens (including phenoxy) is 1. The van der Waals surface area contributed by atoms with Crippen molar-refractivity contribution in [3.05, 3.63) is 71.4 Å². The zero-order valence-corrected chi connectivity index (χ0v) is 16.1. The molecule has 0 radical (unpaired) electrons. The Morgan fingerprint density at radius 3 is 2.87 bits per heavy atom. The average Bonchev–Trinajstić information content (AvgIpc) is 3.09. The van der Waals surface area contributed by atoms with Gasteiger partial charge in [0.05, 0.1) is 12.1 Å². The van der Waals surface area contributed by atoms with Crippen molar-refractivity contribution in [1.82, 2.24) is 15.2 Å². The van der Waals surface area contributed by atoms with Crippen molar-refractivity contribution in [1.29, 1.82) is 0 Å². The second-order valence-electron chi connectivity index (χ2n) is 7.50. The molecule has 1 atom stereocenters. The van der Waals surface area contributed by atoms with Crippen molar-refractivity contribution >= 4 is 28.6 Å². The van der Waals surface area contributed by atoms with Crippen LogP contribution in [-0.2, 0) is 22.7 Å². The minimum absolute atomic E-state index is 0.207. The third kappa shape index (κ3) is 3.18. The lowest BCUT2D eigenvalue weighted by atomic mass is 10.0. The SMILES string of the molecule is O=C1CCC(N2Cc3c(OCc4ccc5ncccc5c4)cccc3C2=O)C(=O)N1. The van der Waals surface area contributed by atoms with Gasteiger partial charge in [-0.15, -0.1) is 0 Å². The van der Waals surface area contributed by atoms with E-state index in [-0.39, 0.29) is 24.8 Å². The zero-order chi connectivity index (χ0) is 20.7. The van der Waals surface area contributed by atoms with Crippen molar-refractivity contribution in [3.8, 4) is 5.75 Å². The molecule has 2 aliphatic heterocycles. The quantitative estimate of drug-likeness (QED) is 0.679. The lowest BCUT2D eigenvalue weighted by molar-refractivity contribution is -0.136. The second kappa shape index (κ2) is 7.26. The summed E-state index contributed by atoms with van der Waals surface area (Å²) in [6.07, 6.45) is 2.33. The van der Waals surface area contributed by atoms with E-state index in [9.17, 15) is 14.4 Å². The van der Waals surface area contributed by atoms with Crippen LogP contribution in [0.15, 0.2) is 54.7 Å². The average molecular weight is 401 g/mol. The molecule has 1 N–H and O–H groups in total. The summed E-state index contributed by atoms with van der Waals surface area (Å²) in [5.74, 6) is -0.293. The summed E-state index contributed by atoms with van der Waals surface area (Å²) < 4.78 is 6.06. The standard InChI is InChI=1S/C23H19N3O4/c27-21-9-8-19(22(28)25-21)26-12-17-16(23(26)29)4-1-5-20(17)30-13-14-6-7-18-15(11-14)3-2-10-24-18/h1-7,10-11,19H,8-9,12-13H2,(H,25,27,28). The molecule has 2 aromatic carbocycles. The van der Waals surface area contributed by atoms with Crippen LogP contribution in [-0.4, -0.2) is 33.6 Å². The topological polar surface area (TPSA) is 88.6 Å². The molecule has 2 aliphatic rings. The number of piperidine rings is 1. The van der Waals surface area contributed by atoms with Gasteiger partial charge in [0.15, 0.2) is 0 Å². The third-order valence-electron chi connectivity index (χ3n) is 5.60. The first-order valence-electron chi connectivity index (χ1n) is 9.83. The molecule has 3 aromatic rings. The number of nitrogens with one attached hydrogen (secondary N) is 1. The Kier molecular flexibility index (Phi) is 4.43.